The van der Waals surface area contributed by atoms with Gasteiger partial charge in [0.2, 0.25) is 0 Å². The second-order valence-electron chi connectivity index (χ2n) is 4.64. The molecule has 0 spiro atoms. The van der Waals surface area contributed by atoms with Gasteiger partial charge in [-0.1, -0.05) is 15.9 Å². The number of fused-ring (bicyclic) bond motifs is 1. The molecule has 0 saturated heterocycles. The summed E-state index contributed by atoms with van der Waals surface area (Å²) in [5, 5.41) is 0. The van der Waals surface area contributed by atoms with Crippen LogP contribution in [0.15, 0.2) is 53.3 Å². The van der Waals surface area contributed by atoms with Crippen LogP contribution < -0.4 is 0 Å². The van der Waals surface area contributed by atoms with E-state index in [1.807, 2.05) is 0 Å². The molecule has 0 saturated carbocycles. The Labute approximate surface area is 129 Å². The zero-order valence-electron chi connectivity index (χ0n) is 10.9. The third-order valence-electron chi connectivity index (χ3n) is 3.08. The number of rotatable bonds is 3. The Hall–Kier alpha value is -2.14. The molecule has 2 aromatic carbocycles. The first-order valence-corrected chi connectivity index (χ1v) is 7.10. The van der Waals surface area contributed by atoms with Crippen LogP contribution in [0.4, 0.5) is 4.39 Å². The molecule has 0 aliphatic carbocycles. The molecule has 0 bridgehead atoms. The van der Waals surface area contributed by atoms with E-state index in [9.17, 15) is 9.18 Å². The Morgan fingerprint density at radius 1 is 1.05 bits per heavy atom. The summed E-state index contributed by atoms with van der Waals surface area (Å²) in [5.74, 6) is -0.448. The fraction of sp³-hybridized carbons (Fsp3) is 0.0625. The number of hydrogen-bond donors (Lipinski definition) is 0. The molecule has 0 aliphatic rings. The van der Waals surface area contributed by atoms with Crippen molar-refractivity contribution in [2.75, 3.05) is 0 Å². The quantitative estimate of drug-likeness (QED) is 0.675. The van der Waals surface area contributed by atoms with Gasteiger partial charge in [0.25, 0.3) is 0 Å². The van der Waals surface area contributed by atoms with Crippen molar-refractivity contribution >= 4 is 32.7 Å². The Balaban J connectivity index is 1.89. The lowest BCUT2D eigenvalue weighted by atomic mass is 10.0. The highest BCUT2D eigenvalue weighted by atomic mass is 79.9. The number of carbonyl (C=O) groups excluding carboxylic acids is 1. The van der Waals surface area contributed by atoms with Crippen LogP contribution in [0.2, 0.25) is 0 Å². The van der Waals surface area contributed by atoms with Crippen molar-refractivity contribution in [3.05, 3.63) is 70.2 Å². The van der Waals surface area contributed by atoms with E-state index >= 15 is 0 Å². The Morgan fingerprint density at radius 2 is 1.81 bits per heavy atom. The van der Waals surface area contributed by atoms with Gasteiger partial charge in [-0.3, -0.25) is 14.8 Å². The van der Waals surface area contributed by atoms with E-state index in [0.29, 0.717) is 21.1 Å². The van der Waals surface area contributed by atoms with E-state index in [1.54, 1.807) is 36.7 Å². The molecule has 21 heavy (non-hydrogen) atoms. The van der Waals surface area contributed by atoms with E-state index in [-0.39, 0.29) is 18.0 Å². The van der Waals surface area contributed by atoms with Gasteiger partial charge in [-0.05, 0) is 42.0 Å². The van der Waals surface area contributed by atoms with Crippen molar-refractivity contribution in [3.63, 3.8) is 0 Å². The summed E-state index contributed by atoms with van der Waals surface area (Å²) in [5.41, 5.74) is 2.58. The Morgan fingerprint density at radius 3 is 2.57 bits per heavy atom. The van der Waals surface area contributed by atoms with Crippen molar-refractivity contribution < 1.29 is 9.18 Å². The fourth-order valence-corrected chi connectivity index (χ4v) is 2.65. The van der Waals surface area contributed by atoms with E-state index in [0.717, 1.165) is 5.52 Å². The number of halogens is 2. The van der Waals surface area contributed by atoms with E-state index < -0.39 is 0 Å². The lowest BCUT2D eigenvalue weighted by Crippen LogP contribution is -2.04. The predicted octanol–water partition coefficient (Wildman–Crippen LogP) is 3.96. The largest absolute Gasteiger partial charge is 0.294 e. The number of aromatic nitrogens is 2. The van der Waals surface area contributed by atoms with Gasteiger partial charge in [0.15, 0.2) is 5.78 Å². The SMILES string of the molecule is O=C(Cc1cc(F)cc(Br)c1)c1ccc2nccnc2c1. The highest BCUT2D eigenvalue weighted by molar-refractivity contribution is 9.10. The van der Waals surface area contributed by atoms with Crippen LogP contribution in [-0.4, -0.2) is 15.8 Å². The molecule has 1 heterocycles. The molecule has 3 rings (SSSR count). The van der Waals surface area contributed by atoms with E-state index in [1.165, 1.54) is 12.1 Å². The van der Waals surface area contributed by atoms with Gasteiger partial charge in [-0.25, -0.2) is 4.39 Å². The number of Topliss-reactive ketones (excluding diaryl/α,β-unsaturated/α-hetero) is 1. The summed E-state index contributed by atoms with van der Waals surface area (Å²) in [6.45, 7) is 0. The van der Waals surface area contributed by atoms with Crippen molar-refractivity contribution in [3.8, 4) is 0 Å². The van der Waals surface area contributed by atoms with Gasteiger partial charge in [-0.15, -0.1) is 0 Å². The topological polar surface area (TPSA) is 42.9 Å². The molecular weight excluding hydrogens is 335 g/mol. The van der Waals surface area contributed by atoms with Gasteiger partial charge in [0.05, 0.1) is 11.0 Å². The van der Waals surface area contributed by atoms with Crippen LogP contribution in [0.3, 0.4) is 0 Å². The van der Waals surface area contributed by atoms with Crippen molar-refractivity contribution in [1.82, 2.24) is 9.97 Å². The van der Waals surface area contributed by atoms with Crippen molar-refractivity contribution in [2.45, 2.75) is 6.42 Å². The lowest BCUT2D eigenvalue weighted by Gasteiger charge is -2.04. The Kier molecular flexibility index (Phi) is 3.75. The average Bonchev–Trinajstić information content (AvgIpc) is 2.45. The Bertz CT molecular complexity index is 815. The third-order valence-corrected chi connectivity index (χ3v) is 3.54. The fourth-order valence-electron chi connectivity index (χ4n) is 2.14. The number of ketones is 1. The maximum absolute atomic E-state index is 13.3. The predicted molar refractivity (Wildman–Crippen MR) is 81.7 cm³/mol. The minimum Gasteiger partial charge on any atom is -0.294 e. The maximum Gasteiger partial charge on any atom is 0.167 e. The summed E-state index contributed by atoms with van der Waals surface area (Å²) < 4.78 is 13.9. The van der Waals surface area contributed by atoms with Crippen LogP contribution in [-0.2, 0) is 6.42 Å². The standard InChI is InChI=1S/C16H10BrFN2O/c17-12-5-10(6-13(18)9-12)7-16(21)11-1-2-14-15(8-11)20-4-3-19-14/h1-6,8-9H,7H2. The second kappa shape index (κ2) is 5.69. The zero-order valence-corrected chi connectivity index (χ0v) is 12.5. The van der Waals surface area contributed by atoms with Gasteiger partial charge in [0, 0.05) is 28.9 Å². The van der Waals surface area contributed by atoms with Crippen molar-refractivity contribution in [1.29, 1.82) is 0 Å². The lowest BCUT2D eigenvalue weighted by molar-refractivity contribution is 0.0993. The van der Waals surface area contributed by atoms with Crippen LogP contribution in [0.5, 0.6) is 0 Å². The molecular formula is C16H10BrFN2O. The number of carbonyl (C=O) groups is 1. The molecule has 0 atom stereocenters. The van der Waals surface area contributed by atoms with Crippen LogP contribution in [0.1, 0.15) is 15.9 Å². The highest BCUT2D eigenvalue weighted by Gasteiger charge is 2.10. The van der Waals surface area contributed by atoms with E-state index in [4.69, 9.17) is 0 Å². The minimum atomic E-state index is -0.364. The van der Waals surface area contributed by atoms with Crippen LogP contribution in [0, 0.1) is 5.82 Å². The molecule has 104 valence electrons. The number of nitrogens with zero attached hydrogens (tertiary/aromatic N) is 2. The first-order valence-electron chi connectivity index (χ1n) is 6.31. The molecule has 5 heteroatoms. The molecule has 3 aromatic rings. The summed E-state index contributed by atoms with van der Waals surface area (Å²) in [4.78, 5) is 20.6. The molecule has 0 fully saturated rings. The normalized spacial score (nSPS) is 10.8. The highest BCUT2D eigenvalue weighted by Crippen LogP contribution is 2.18. The summed E-state index contributed by atoms with van der Waals surface area (Å²) in [7, 11) is 0. The number of benzene rings is 2. The molecule has 0 aliphatic heterocycles. The summed E-state index contributed by atoms with van der Waals surface area (Å²) >= 11 is 3.22. The van der Waals surface area contributed by atoms with Gasteiger partial charge >= 0.3 is 0 Å². The maximum atomic E-state index is 13.3. The summed E-state index contributed by atoms with van der Waals surface area (Å²) in [6, 6.07) is 9.65. The molecule has 0 unspecified atom stereocenters. The molecule has 3 nitrogen and oxygen atoms in total. The first kappa shape index (κ1) is 13.8. The molecule has 0 radical (unpaired) electrons. The third kappa shape index (κ3) is 3.13. The van der Waals surface area contributed by atoms with E-state index in [2.05, 4.69) is 25.9 Å². The number of hydrogen-bond acceptors (Lipinski definition) is 3. The van der Waals surface area contributed by atoms with Crippen molar-refractivity contribution in [2.24, 2.45) is 0 Å². The first-order chi connectivity index (χ1) is 10.1. The van der Waals surface area contributed by atoms with Gasteiger partial charge < -0.3 is 0 Å². The molecule has 0 amide bonds. The summed E-state index contributed by atoms with van der Waals surface area (Å²) in [6.07, 6.45) is 3.33. The molecule has 0 N–H and O–H groups in total. The smallest absolute Gasteiger partial charge is 0.167 e. The monoisotopic (exact) mass is 344 g/mol. The van der Waals surface area contributed by atoms with Gasteiger partial charge in [-0.2, -0.15) is 0 Å². The average molecular weight is 345 g/mol. The van der Waals surface area contributed by atoms with Crippen LogP contribution >= 0.6 is 15.9 Å². The minimum absolute atomic E-state index is 0.0833. The molecule has 1 aromatic heterocycles. The second-order valence-corrected chi connectivity index (χ2v) is 5.55. The zero-order chi connectivity index (χ0) is 14.8. The van der Waals surface area contributed by atoms with Crippen LogP contribution in [0.25, 0.3) is 11.0 Å². The van der Waals surface area contributed by atoms with Gasteiger partial charge in [0.1, 0.15) is 5.82 Å².